The molecule has 1 aliphatic rings. The number of aromatic nitrogens is 1. The molecule has 4 aromatic rings. The van der Waals surface area contributed by atoms with Gasteiger partial charge >= 0.3 is 0 Å². The van der Waals surface area contributed by atoms with Gasteiger partial charge in [-0.1, -0.05) is 31.4 Å². The number of nitrogens with zero attached hydrogens (tertiary/aromatic N) is 2. The van der Waals surface area contributed by atoms with E-state index in [0.717, 1.165) is 44.3 Å². The summed E-state index contributed by atoms with van der Waals surface area (Å²) in [6.07, 6.45) is 8.26. The van der Waals surface area contributed by atoms with Crippen LogP contribution in [0.15, 0.2) is 47.0 Å². The number of nitriles is 1. The van der Waals surface area contributed by atoms with Gasteiger partial charge in [0.2, 0.25) is 5.69 Å². The zero-order chi connectivity index (χ0) is 20.8. The van der Waals surface area contributed by atoms with Gasteiger partial charge in [0.15, 0.2) is 6.20 Å². The maximum absolute atomic E-state index is 9.84. The van der Waals surface area contributed by atoms with Gasteiger partial charge in [-0.15, -0.1) is 0 Å². The van der Waals surface area contributed by atoms with Crippen molar-refractivity contribution in [3.05, 3.63) is 64.8 Å². The largest absolute Gasteiger partial charge is 0.455 e. The summed E-state index contributed by atoms with van der Waals surface area (Å²) >= 11 is 0. The second-order valence-corrected chi connectivity index (χ2v) is 8.72. The average Bonchev–Trinajstić information content (AvgIpc) is 3.12. The third kappa shape index (κ3) is 2.82. The minimum Gasteiger partial charge on any atom is -0.455 e. The lowest BCUT2D eigenvalue weighted by atomic mass is 9.80. The molecule has 0 N–H and O–H groups in total. The van der Waals surface area contributed by atoms with Crippen molar-refractivity contribution in [2.45, 2.75) is 51.9 Å². The number of fused-ring (bicyclic) bond motifs is 3. The Kier molecular flexibility index (Phi) is 4.59. The highest BCUT2D eigenvalue weighted by atomic mass is 16.3. The lowest BCUT2D eigenvalue weighted by molar-refractivity contribution is -0.660. The van der Waals surface area contributed by atoms with Crippen molar-refractivity contribution in [1.29, 1.82) is 5.26 Å². The Bertz CT molecular complexity index is 1320. The van der Waals surface area contributed by atoms with Crippen molar-refractivity contribution in [3.63, 3.8) is 0 Å². The van der Waals surface area contributed by atoms with E-state index in [-0.39, 0.29) is 0 Å². The van der Waals surface area contributed by atoms with Crippen molar-refractivity contribution < 1.29 is 8.98 Å². The van der Waals surface area contributed by atoms with E-state index in [2.05, 4.69) is 62.0 Å². The molecule has 3 nitrogen and oxygen atoms in total. The molecular formula is C27H27N2O+. The molecule has 2 heterocycles. The molecule has 0 unspecified atom stereocenters. The molecule has 2 aromatic heterocycles. The molecule has 0 saturated heterocycles. The van der Waals surface area contributed by atoms with Crippen LogP contribution in [0.2, 0.25) is 0 Å². The first-order chi connectivity index (χ1) is 14.6. The average molecular weight is 396 g/mol. The third-order valence-corrected chi connectivity index (χ3v) is 6.89. The molecule has 1 fully saturated rings. The van der Waals surface area contributed by atoms with Crippen molar-refractivity contribution in [2.75, 3.05) is 0 Å². The van der Waals surface area contributed by atoms with Crippen molar-refractivity contribution >= 4 is 21.9 Å². The molecule has 0 spiro atoms. The summed E-state index contributed by atoms with van der Waals surface area (Å²) < 4.78 is 8.86. The maximum Gasteiger partial charge on any atom is 0.216 e. The molecule has 30 heavy (non-hydrogen) atoms. The number of furan rings is 1. The Morgan fingerprint density at radius 3 is 2.53 bits per heavy atom. The Balaban J connectivity index is 1.89. The number of pyridine rings is 1. The smallest absolute Gasteiger partial charge is 0.216 e. The zero-order valence-corrected chi connectivity index (χ0v) is 18.0. The molecule has 3 heteroatoms. The Labute approximate surface area is 177 Å². The lowest BCUT2D eigenvalue weighted by Crippen LogP contribution is -2.30. The minimum absolute atomic E-state index is 0.479. The number of hydrogen-bond acceptors (Lipinski definition) is 2. The van der Waals surface area contributed by atoms with Gasteiger partial charge in [-0.05, 0) is 55.9 Å². The summed E-state index contributed by atoms with van der Waals surface area (Å²) in [5.74, 6) is 0.479. The number of benzene rings is 2. The summed E-state index contributed by atoms with van der Waals surface area (Å²) in [7, 11) is 2.07. The first-order valence-corrected chi connectivity index (χ1v) is 10.9. The van der Waals surface area contributed by atoms with Crippen LogP contribution < -0.4 is 4.57 Å². The molecule has 0 bridgehead atoms. The molecule has 0 radical (unpaired) electrons. The highest BCUT2D eigenvalue weighted by Crippen LogP contribution is 2.44. The SMILES string of the molecule is Cc1ccc2c(oc3c(C4CCCCC4)c(C)c(C#N)cc32)c1-c1cccc[n+]1C. The first-order valence-electron chi connectivity index (χ1n) is 10.9. The van der Waals surface area contributed by atoms with Crippen molar-refractivity contribution in [2.24, 2.45) is 7.05 Å². The second-order valence-electron chi connectivity index (χ2n) is 8.72. The molecule has 150 valence electrons. The Hall–Kier alpha value is -3.12. The molecule has 0 atom stereocenters. The Morgan fingerprint density at radius 1 is 1.00 bits per heavy atom. The summed E-state index contributed by atoms with van der Waals surface area (Å²) in [6, 6.07) is 15.1. The van der Waals surface area contributed by atoms with Crippen LogP contribution >= 0.6 is 0 Å². The van der Waals surface area contributed by atoms with E-state index in [0.29, 0.717) is 5.92 Å². The normalized spacial score (nSPS) is 15.0. The lowest BCUT2D eigenvalue weighted by Gasteiger charge is -2.24. The van der Waals surface area contributed by atoms with Gasteiger partial charge in [-0.3, -0.25) is 0 Å². The predicted molar refractivity (Wildman–Crippen MR) is 120 cm³/mol. The van der Waals surface area contributed by atoms with Crippen molar-refractivity contribution in [3.8, 4) is 17.3 Å². The second kappa shape index (κ2) is 7.29. The zero-order valence-electron chi connectivity index (χ0n) is 18.0. The van der Waals surface area contributed by atoms with Gasteiger partial charge in [0.05, 0.1) is 17.2 Å². The number of aryl methyl sites for hydroxylation is 2. The molecule has 1 saturated carbocycles. The summed E-state index contributed by atoms with van der Waals surface area (Å²) in [5, 5.41) is 12.0. The fraction of sp³-hybridized carbons (Fsp3) is 0.333. The van der Waals surface area contributed by atoms with Crippen LogP contribution in [0.25, 0.3) is 33.2 Å². The van der Waals surface area contributed by atoms with E-state index in [1.807, 2.05) is 12.1 Å². The molecule has 5 rings (SSSR count). The van der Waals surface area contributed by atoms with E-state index in [1.54, 1.807) is 0 Å². The number of rotatable bonds is 2. The minimum atomic E-state index is 0.479. The van der Waals surface area contributed by atoms with Gasteiger partial charge in [-0.2, -0.15) is 5.26 Å². The molecule has 2 aromatic carbocycles. The predicted octanol–water partition coefficient (Wildman–Crippen LogP) is 6.61. The van der Waals surface area contributed by atoms with Gasteiger partial charge in [0, 0.05) is 28.5 Å². The number of hydrogen-bond donors (Lipinski definition) is 0. The first kappa shape index (κ1) is 18.9. The van der Waals surface area contributed by atoms with E-state index in [1.165, 1.54) is 43.2 Å². The van der Waals surface area contributed by atoms with Crippen LogP contribution in [0, 0.1) is 25.2 Å². The highest BCUT2D eigenvalue weighted by molar-refractivity contribution is 6.11. The quantitative estimate of drug-likeness (QED) is 0.358. The molecule has 0 aliphatic heterocycles. The summed E-state index contributed by atoms with van der Waals surface area (Å²) in [4.78, 5) is 0. The third-order valence-electron chi connectivity index (χ3n) is 6.89. The van der Waals surface area contributed by atoms with Gasteiger partial charge in [0.1, 0.15) is 18.2 Å². The van der Waals surface area contributed by atoms with Crippen LogP contribution in [0.3, 0.4) is 0 Å². The fourth-order valence-electron chi connectivity index (χ4n) is 5.29. The van der Waals surface area contributed by atoms with Crippen LogP contribution in [0.4, 0.5) is 0 Å². The van der Waals surface area contributed by atoms with Gasteiger partial charge < -0.3 is 4.42 Å². The van der Waals surface area contributed by atoms with Crippen LogP contribution in [-0.2, 0) is 7.05 Å². The molecular weight excluding hydrogens is 368 g/mol. The monoisotopic (exact) mass is 395 g/mol. The fourth-order valence-corrected chi connectivity index (χ4v) is 5.29. The topological polar surface area (TPSA) is 40.8 Å². The van der Waals surface area contributed by atoms with E-state index in [4.69, 9.17) is 4.42 Å². The highest BCUT2D eigenvalue weighted by Gasteiger charge is 2.27. The summed E-state index contributed by atoms with van der Waals surface area (Å²) in [6.45, 7) is 4.24. The van der Waals surface area contributed by atoms with Crippen molar-refractivity contribution in [1.82, 2.24) is 0 Å². The molecule has 0 amide bonds. The summed E-state index contributed by atoms with van der Waals surface area (Å²) in [5.41, 5.74) is 8.52. The van der Waals surface area contributed by atoms with Crippen LogP contribution in [0.5, 0.6) is 0 Å². The maximum atomic E-state index is 9.84. The standard InChI is InChI=1S/C27H27N2O/c1-17-12-13-21-22-15-20(16-28)18(2)25(19-9-5-4-6-10-19)27(22)30-26(21)24(17)23-11-7-8-14-29(23)3/h7-8,11-15,19H,4-6,9-10H2,1-3H3/q+1. The molecule has 1 aliphatic carbocycles. The Morgan fingerprint density at radius 2 is 1.80 bits per heavy atom. The van der Waals surface area contributed by atoms with Crippen LogP contribution in [0.1, 0.15) is 60.3 Å². The van der Waals surface area contributed by atoms with Gasteiger partial charge in [-0.25, -0.2) is 4.57 Å². The van der Waals surface area contributed by atoms with E-state index in [9.17, 15) is 5.26 Å². The van der Waals surface area contributed by atoms with Gasteiger partial charge in [0.25, 0.3) is 0 Å². The van der Waals surface area contributed by atoms with E-state index < -0.39 is 0 Å². The van der Waals surface area contributed by atoms with E-state index >= 15 is 0 Å². The van der Waals surface area contributed by atoms with Crippen LogP contribution in [-0.4, -0.2) is 0 Å².